The summed E-state index contributed by atoms with van der Waals surface area (Å²) in [7, 11) is 1.64. The molecule has 0 saturated carbocycles. The van der Waals surface area contributed by atoms with Gasteiger partial charge in [0.25, 0.3) is 0 Å². The van der Waals surface area contributed by atoms with E-state index < -0.39 is 0 Å². The predicted octanol–water partition coefficient (Wildman–Crippen LogP) is 2.44. The lowest BCUT2D eigenvalue weighted by Gasteiger charge is -2.11. The molecule has 0 aliphatic rings. The fraction of sp³-hybridized carbons (Fsp3) is 0.267. The Morgan fingerprint density at radius 3 is 2.74 bits per heavy atom. The van der Waals surface area contributed by atoms with Gasteiger partial charge in [-0.15, -0.1) is 0 Å². The standard InChI is InChI=1S/C15H18N2O2/c1-11-14(4-3-7-17-11)19-10-12-5-6-13(9-16)15(8-12)18-2/h3-8H,9-10,16H2,1-2H3. The summed E-state index contributed by atoms with van der Waals surface area (Å²) in [5.41, 5.74) is 8.55. The molecule has 0 unspecified atom stereocenters. The van der Waals surface area contributed by atoms with Crippen LogP contribution in [0.15, 0.2) is 36.5 Å². The van der Waals surface area contributed by atoms with E-state index in [1.165, 1.54) is 0 Å². The summed E-state index contributed by atoms with van der Waals surface area (Å²) in [5, 5.41) is 0. The number of hydrogen-bond donors (Lipinski definition) is 1. The van der Waals surface area contributed by atoms with E-state index in [1.807, 2.05) is 37.3 Å². The van der Waals surface area contributed by atoms with Crippen LogP contribution in [0.2, 0.25) is 0 Å². The molecule has 0 bridgehead atoms. The maximum Gasteiger partial charge on any atom is 0.141 e. The van der Waals surface area contributed by atoms with E-state index in [1.54, 1.807) is 13.3 Å². The maximum atomic E-state index is 5.75. The zero-order valence-corrected chi connectivity index (χ0v) is 11.2. The van der Waals surface area contributed by atoms with Gasteiger partial charge in [0.05, 0.1) is 12.8 Å². The monoisotopic (exact) mass is 258 g/mol. The van der Waals surface area contributed by atoms with Crippen molar-refractivity contribution in [2.24, 2.45) is 5.73 Å². The van der Waals surface area contributed by atoms with Crippen molar-refractivity contribution in [2.45, 2.75) is 20.1 Å². The fourth-order valence-corrected chi connectivity index (χ4v) is 1.83. The van der Waals surface area contributed by atoms with Crippen LogP contribution in [0.1, 0.15) is 16.8 Å². The molecule has 4 heteroatoms. The van der Waals surface area contributed by atoms with Gasteiger partial charge in [-0.2, -0.15) is 0 Å². The minimum atomic E-state index is 0.464. The van der Waals surface area contributed by atoms with Crippen molar-refractivity contribution in [2.75, 3.05) is 7.11 Å². The number of rotatable bonds is 5. The molecule has 2 rings (SSSR count). The summed E-state index contributed by atoms with van der Waals surface area (Å²) in [6.07, 6.45) is 1.75. The Labute approximate surface area is 113 Å². The van der Waals surface area contributed by atoms with Crippen LogP contribution in [0.4, 0.5) is 0 Å². The van der Waals surface area contributed by atoms with Crippen molar-refractivity contribution < 1.29 is 9.47 Å². The fourth-order valence-electron chi connectivity index (χ4n) is 1.83. The van der Waals surface area contributed by atoms with Gasteiger partial charge in [0.1, 0.15) is 18.1 Å². The van der Waals surface area contributed by atoms with E-state index >= 15 is 0 Å². The van der Waals surface area contributed by atoms with E-state index in [0.717, 1.165) is 28.3 Å². The first-order chi connectivity index (χ1) is 9.24. The number of ether oxygens (including phenoxy) is 2. The normalized spacial score (nSPS) is 10.3. The van der Waals surface area contributed by atoms with Gasteiger partial charge in [-0.1, -0.05) is 12.1 Å². The summed E-state index contributed by atoms with van der Waals surface area (Å²) in [4.78, 5) is 4.19. The van der Waals surface area contributed by atoms with E-state index in [0.29, 0.717) is 13.2 Å². The SMILES string of the molecule is COc1cc(COc2cccnc2C)ccc1CN. The molecule has 19 heavy (non-hydrogen) atoms. The van der Waals surface area contributed by atoms with Crippen LogP contribution >= 0.6 is 0 Å². The van der Waals surface area contributed by atoms with Gasteiger partial charge in [-0.05, 0) is 30.7 Å². The van der Waals surface area contributed by atoms with Gasteiger partial charge in [-0.3, -0.25) is 4.98 Å². The Morgan fingerprint density at radius 2 is 2.05 bits per heavy atom. The predicted molar refractivity (Wildman–Crippen MR) is 74.2 cm³/mol. The van der Waals surface area contributed by atoms with Gasteiger partial charge < -0.3 is 15.2 Å². The molecule has 1 aromatic carbocycles. The highest BCUT2D eigenvalue weighted by atomic mass is 16.5. The van der Waals surface area contributed by atoms with Gasteiger partial charge in [0, 0.05) is 18.3 Å². The summed E-state index contributed by atoms with van der Waals surface area (Å²) >= 11 is 0. The third-order valence-electron chi connectivity index (χ3n) is 2.92. The van der Waals surface area contributed by atoms with Crippen molar-refractivity contribution in [1.29, 1.82) is 0 Å². The quantitative estimate of drug-likeness (QED) is 0.895. The zero-order chi connectivity index (χ0) is 13.7. The number of methoxy groups -OCH3 is 1. The lowest BCUT2D eigenvalue weighted by atomic mass is 10.1. The molecule has 0 spiro atoms. The van der Waals surface area contributed by atoms with Crippen LogP contribution < -0.4 is 15.2 Å². The summed E-state index contributed by atoms with van der Waals surface area (Å²) in [6, 6.07) is 9.69. The van der Waals surface area contributed by atoms with Crippen LogP contribution in [0.3, 0.4) is 0 Å². The Balaban J connectivity index is 2.10. The number of aromatic nitrogens is 1. The maximum absolute atomic E-state index is 5.75. The summed E-state index contributed by atoms with van der Waals surface area (Å²) in [6.45, 7) is 2.87. The second-order valence-electron chi connectivity index (χ2n) is 4.23. The topological polar surface area (TPSA) is 57.4 Å². The van der Waals surface area contributed by atoms with Crippen molar-refractivity contribution in [1.82, 2.24) is 4.98 Å². The molecular formula is C15H18N2O2. The van der Waals surface area contributed by atoms with E-state index in [4.69, 9.17) is 15.2 Å². The second-order valence-corrected chi connectivity index (χ2v) is 4.23. The lowest BCUT2D eigenvalue weighted by Crippen LogP contribution is -2.02. The molecule has 0 aliphatic carbocycles. The molecule has 1 aromatic heterocycles. The van der Waals surface area contributed by atoms with Crippen molar-refractivity contribution in [3.8, 4) is 11.5 Å². The Hall–Kier alpha value is -2.07. The third kappa shape index (κ3) is 3.23. The number of aryl methyl sites for hydroxylation is 1. The van der Waals surface area contributed by atoms with E-state index in [2.05, 4.69) is 4.98 Å². The van der Waals surface area contributed by atoms with Crippen LogP contribution in [-0.2, 0) is 13.2 Å². The average molecular weight is 258 g/mol. The Bertz CT molecular complexity index is 556. The highest BCUT2D eigenvalue weighted by Gasteiger charge is 2.04. The molecule has 4 nitrogen and oxygen atoms in total. The first kappa shape index (κ1) is 13.4. The molecule has 0 saturated heterocycles. The first-order valence-corrected chi connectivity index (χ1v) is 6.15. The van der Waals surface area contributed by atoms with Crippen LogP contribution in [0.5, 0.6) is 11.5 Å². The van der Waals surface area contributed by atoms with Crippen LogP contribution in [0, 0.1) is 6.92 Å². The number of nitrogens with two attached hydrogens (primary N) is 1. The van der Waals surface area contributed by atoms with Crippen molar-refractivity contribution in [3.05, 3.63) is 53.3 Å². The van der Waals surface area contributed by atoms with Gasteiger partial charge in [0.15, 0.2) is 0 Å². The van der Waals surface area contributed by atoms with Crippen LogP contribution in [-0.4, -0.2) is 12.1 Å². The Morgan fingerprint density at radius 1 is 1.21 bits per heavy atom. The molecule has 0 aliphatic heterocycles. The van der Waals surface area contributed by atoms with Gasteiger partial charge in [-0.25, -0.2) is 0 Å². The second kappa shape index (κ2) is 6.20. The van der Waals surface area contributed by atoms with Crippen molar-refractivity contribution in [3.63, 3.8) is 0 Å². The number of hydrogen-bond acceptors (Lipinski definition) is 4. The number of nitrogens with zero attached hydrogens (tertiary/aromatic N) is 1. The minimum absolute atomic E-state index is 0.464. The minimum Gasteiger partial charge on any atom is -0.496 e. The molecule has 2 aromatic rings. The van der Waals surface area contributed by atoms with Gasteiger partial charge in [0.2, 0.25) is 0 Å². The lowest BCUT2D eigenvalue weighted by molar-refractivity contribution is 0.301. The molecule has 0 atom stereocenters. The van der Waals surface area contributed by atoms with E-state index in [9.17, 15) is 0 Å². The summed E-state index contributed by atoms with van der Waals surface area (Å²) in [5.74, 6) is 1.59. The summed E-state index contributed by atoms with van der Waals surface area (Å²) < 4.78 is 11.1. The number of pyridine rings is 1. The highest BCUT2D eigenvalue weighted by molar-refractivity contribution is 5.37. The smallest absolute Gasteiger partial charge is 0.141 e. The number of benzene rings is 1. The molecule has 100 valence electrons. The third-order valence-corrected chi connectivity index (χ3v) is 2.92. The first-order valence-electron chi connectivity index (χ1n) is 6.15. The molecule has 0 radical (unpaired) electrons. The molecular weight excluding hydrogens is 240 g/mol. The van der Waals surface area contributed by atoms with Gasteiger partial charge >= 0.3 is 0 Å². The zero-order valence-electron chi connectivity index (χ0n) is 11.2. The molecule has 0 amide bonds. The molecule has 0 fully saturated rings. The largest absolute Gasteiger partial charge is 0.496 e. The highest BCUT2D eigenvalue weighted by Crippen LogP contribution is 2.21. The average Bonchev–Trinajstić information content (AvgIpc) is 2.46. The molecule has 1 heterocycles. The molecule has 2 N–H and O–H groups in total. The van der Waals surface area contributed by atoms with Crippen molar-refractivity contribution >= 4 is 0 Å². The van der Waals surface area contributed by atoms with Crippen LogP contribution in [0.25, 0.3) is 0 Å². The van der Waals surface area contributed by atoms with E-state index in [-0.39, 0.29) is 0 Å². The Kier molecular flexibility index (Phi) is 4.36.